The highest BCUT2D eigenvalue weighted by Gasteiger charge is 2.09. The van der Waals surface area contributed by atoms with Crippen LogP contribution in [0.25, 0.3) is 22.2 Å². The number of hydrogen-bond acceptors (Lipinski definition) is 6. The van der Waals surface area contributed by atoms with Gasteiger partial charge in [-0.1, -0.05) is 42.1 Å². The molecule has 0 saturated carbocycles. The molecule has 0 aliphatic rings. The Balaban J connectivity index is 1.59. The fraction of sp³-hybridized carbons (Fsp3) is 0.0526. The number of hydrogen-bond donors (Lipinski definition) is 1. The zero-order chi connectivity index (χ0) is 17.2. The molecule has 0 radical (unpaired) electrons. The van der Waals surface area contributed by atoms with E-state index in [2.05, 4.69) is 4.98 Å². The summed E-state index contributed by atoms with van der Waals surface area (Å²) in [6, 6.07) is 16.3. The van der Waals surface area contributed by atoms with Crippen LogP contribution in [0.1, 0.15) is 5.56 Å². The second-order valence-electron chi connectivity index (χ2n) is 5.42. The largest absolute Gasteiger partial charge is 0.508 e. The van der Waals surface area contributed by atoms with Gasteiger partial charge < -0.3 is 9.52 Å². The Morgan fingerprint density at radius 1 is 1.12 bits per heavy atom. The van der Waals surface area contributed by atoms with Crippen molar-refractivity contribution in [2.45, 2.75) is 10.1 Å². The molecule has 0 spiro atoms. The maximum atomic E-state index is 11.7. The molecule has 2 aromatic carbocycles. The molecule has 4 nitrogen and oxygen atoms in total. The summed E-state index contributed by atoms with van der Waals surface area (Å²) in [4.78, 5) is 16.4. The van der Waals surface area contributed by atoms with Crippen LogP contribution < -0.4 is 5.63 Å². The molecular weight excluding hydrogens is 354 g/mol. The Hall–Kier alpha value is -2.57. The SMILES string of the molecule is O=c1cc(CSc2nc(-c3ccccc3)cs2)c2ccc(O)cc2o1. The lowest BCUT2D eigenvalue weighted by atomic mass is 10.1. The van der Waals surface area contributed by atoms with Crippen molar-refractivity contribution >= 4 is 34.1 Å². The number of nitrogens with zero attached hydrogens (tertiary/aromatic N) is 1. The molecule has 4 aromatic rings. The molecule has 0 amide bonds. The summed E-state index contributed by atoms with van der Waals surface area (Å²) in [6.45, 7) is 0. The van der Waals surface area contributed by atoms with E-state index in [4.69, 9.17) is 4.42 Å². The molecule has 6 heteroatoms. The van der Waals surface area contributed by atoms with Gasteiger partial charge in [-0.2, -0.15) is 0 Å². The first-order chi connectivity index (χ1) is 12.2. The van der Waals surface area contributed by atoms with Crippen LogP contribution in [0.4, 0.5) is 0 Å². The van der Waals surface area contributed by atoms with Gasteiger partial charge in [0.2, 0.25) is 0 Å². The monoisotopic (exact) mass is 367 g/mol. The first kappa shape index (κ1) is 15.9. The smallest absolute Gasteiger partial charge is 0.336 e. The minimum absolute atomic E-state index is 0.0767. The van der Waals surface area contributed by atoms with Crippen LogP contribution in [0.2, 0.25) is 0 Å². The predicted molar refractivity (Wildman–Crippen MR) is 101 cm³/mol. The minimum atomic E-state index is -0.419. The third kappa shape index (κ3) is 3.45. The quantitative estimate of drug-likeness (QED) is 0.410. The average Bonchev–Trinajstić information content (AvgIpc) is 3.09. The fourth-order valence-electron chi connectivity index (χ4n) is 2.54. The van der Waals surface area contributed by atoms with E-state index in [0.717, 1.165) is 26.5 Å². The van der Waals surface area contributed by atoms with Gasteiger partial charge in [-0.05, 0) is 17.7 Å². The van der Waals surface area contributed by atoms with Gasteiger partial charge in [-0.15, -0.1) is 11.3 Å². The lowest BCUT2D eigenvalue weighted by Crippen LogP contribution is -1.99. The van der Waals surface area contributed by atoms with Crippen LogP contribution in [0, 0.1) is 0 Å². The Morgan fingerprint density at radius 3 is 2.80 bits per heavy atom. The van der Waals surface area contributed by atoms with Gasteiger partial charge in [-0.25, -0.2) is 9.78 Å². The lowest BCUT2D eigenvalue weighted by molar-refractivity contribution is 0.473. The molecule has 0 atom stereocenters. The Bertz CT molecular complexity index is 1090. The molecule has 25 heavy (non-hydrogen) atoms. The first-order valence-electron chi connectivity index (χ1n) is 7.58. The van der Waals surface area contributed by atoms with Crippen LogP contribution in [-0.2, 0) is 5.75 Å². The van der Waals surface area contributed by atoms with E-state index in [1.807, 2.05) is 35.7 Å². The standard InChI is InChI=1S/C19H13NO3S2/c21-14-6-7-15-13(8-18(22)23-17(15)9-14)10-24-19-20-16(11-25-19)12-4-2-1-3-5-12/h1-9,11,21H,10H2. The zero-order valence-electron chi connectivity index (χ0n) is 13.0. The van der Waals surface area contributed by atoms with Gasteiger partial charge in [0.15, 0.2) is 4.34 Å². The van der Waals surface area contributed by atoms with Gasteiger partial charge in [0, 0.05) is 34.2 Å². The third-order valence-corrected chi connectivity index (χ3v) is 5.79. The summed E-state index contributed by atoms with van der Waals surface area (Å²) in [5, 5.41) is 12.4. The molecule has 0 unspecified atom stereocenters. The number of thioether (sulfide) groups is 1. The molecule has 124 valence electrons. The number of aromatic nitrogens is 1. The van der Waals surface area contributed by atoms with Crippen molar-refractivity contribution < 1.29 is 9.52 Å². The number of aromatic hydroxyl groups is 1. The molecular formula is C19H13NO3S2. The molecule has 2 heterocycles. The number of phenolic OH excluding ortho intramolecular Hbond substituents is 1. The summed E-state index contributed by atoms with van der Waals surface area (Å²) < 4.78 is 6.10. The van der Waals surface area contributed by atoms with Gasteiger partial charge in [0.1, 0.15) is 11.3 Å². The van der Waals surface area contributed by atoms with Crippen molar-refractivity contribution in [1.82, 2.24) is 4.98 Å². The first-order valence-corrected chi connectivity index (χ1v) is 9.45. The van der Waals surface area contributed by atoms with Crippen LogP contribution in [-0.4, -0.2) is 10.1 Å². The summed E-state index contributed by atoms with van der Waals surface area (Å²) >= 11 is 3.17. The van der Waals surface area contributed by atoms with Crippen molar-refractivity contribution in [2.75, 3.05) is 0 Å². The highest BCUT2D eigenvalue weighted by molar-refractivity contribution is 8.00. The van der Waals surface area contributed by atoms with Crippen molar-refractivity contribution in [3.63, 3.8) is 0 Å². The van der Waals surface area contributed by atoms with Crippen LogP contribution in [0.3, 0.4) is 0 Å². The number of benzene rings is 2. The van der Waals surface area contributed by atoms with E-state index in [-0.39, 0.29) is 5.75 Å². The van der Waals surface area contributed by atoms with Gasteiger partial charge in [0.25, 0.3) is 0 Å². The van der Waals surface area contributed by atoms with Crippen molar-refractivity contribution in [3.05, 3.63) is 76.0 Å². The summed E-state index contributed by atoms with van der Waals surface area (Å²) in [6.07, 6.45) is 0. The molecule has 1 N–H and O–H groups in total. The van der Waals surface area contributed by atoms with E-state index in [0.29, 0.717) is 11.3 Å². The highest BCUT2D eigenvalue weighted by Crippen LogP contribution is 2.32. The van der Waals surface area contributed by atoms with E-state index >= 15 is 0 Å². The van der Waals surface area contributed by atoms with E-state index in [1.54, 1.807) is 35.2 Å². The van der Waals surface area contributed by atoms with Gasteiger partial charge in [0.05, 0.1) is 5.69 Å². The zero-order valence-corrected chi connectivity index (χ0v) is 14.6. The fourth-order valence-corrected chi connectivity index (χ4v) is 4.37. The van der Waals surface area contributed by atoms with Crippen LogP contribution >= 0.6 is 23.1 Å². The Morgan fingerprint density at radius 2 is 1.96 bits per heavy atom. The van der Waals surface area contributed by atoms with Crippen molar-refractivity contribution in [1.29, 1.82) is 0 Å². The predicted octanol–water partition coefficient (Wildman–Crippen LogP) is 4.91. The van der Waals surface area contributed by atoms with Crippen LogP contribution in [0.5, 0.6) is 5.75 Å². The number of fused-ring (bicyclic) bond motifs is 1. The minimum Gasteiger partial charge on any atom is -0.508 e. The summed E-state index contributed by atoms with van der Waals surface area (Å²) in [5.74, 6) is 0.683. The van der Waals surface area contributed by atoms with Crippen LogP contribution in [0.15, 0.2) is 73.5 Å². The molecule has 0 bridgehead atoms. The lowest BCUT2D eigenvalue weighted by Gasteiger charge is -2.04. The average molecular weight is 367 g/mol. The van der Waals surface area contributed by atoms with Crippen molar-refractivity contribution in [2.24, 2.45) is 0 Å². The van der Waals surface area contributed by atoms with E-state index in [9.17, 15) is 9.90 Å². The normalized spacial score (nSPS) is 11.0. The van der Waals surface area contributed by atoms with Gasteiger partial charge >= 0.3 is 5.63 Å². The molecule has 4 rings (SSSR count). The maximum absolute atomic E-state index is 11.7. The van der Waals surface area contributed by atoms with E-state index < -0.39 is 5.63 Å². The second-order valence-corrected chi connectivity index (χ2v) is 7.51. The molecule has 0 aliphatic heterocycles. The number of thiazole rings is 1. The van der Waals surface area contributed by atoms with Crippen molar-refractivity contribution in [3.8, 4) is 17.0 Å². The third-order valence-electron chi connectivity index (χ3n) is 3.72. The molecule has 2 aromatic heterocycles. The van der Waals surface area contributed by atoms with E-state index in [1.165, 1.54) is 12.1 Å². The Kier molecular flexibility index (Phi) is 4.29. The second kappa shape index (κ2) is 6.74. The topological polar surface area (TPSA) is 63.3 Å². The van der Waals surface area contributed by atoms with Gasteiger partial charge in [-0.3, -0.25) is 0 Å². The molecule has 0 fully saturated rings. The summed E-state index contributed by atoms with van der Waals surface area (Å²) in [7, 11) is 0. The maximum Gasteiger partial charge on any atom is 0.336 e. The number of rotatable bonds is 4. The number of phenols is 1. The summed E-state index contributed by atoms with van der Waals surface area (Å²) in [5.41, 5.74) is 2.89. The molecule has 0 saturated heterocycles. The Labute approximate surface area is 151 Å². The highest BCUT2D eigenvalue weighted by atomic mass is 32.2. The molecule has 0 aliphatic carbocycles.